The fraction of sp³-hybridized carbons (Fsp3) is 0.867. The predicted molar refractivity (Wildman–Crippen MR) is 78.1 cm³/mol. The van der Waals surface area contributed by atoms with Crippen LogP contribution in [0.5, 0.6) is 0 Å². The quantitative estimate of drug-likeness (QED) is 0.818. The lowest BCUT2D eigenvalue weighted by molar-refractivity contribution is -0.138. The number of carboxylic acid groups (broad SMARTS) is 1. The van der Waals surface area contributed by atoms with Crippen molar-refractivity contribution in [3.8, 4) is 0 Å². The first kappa shape index (κ1) is 14.6. The molecule has 118 valence electrons. The molecule has 3 aliphatic rings. The molecule has 3 fully saturated rings. The van der Waals surface area contributed by atoms with Crippen LogP contribution >= 0.6 is 0 Å². The van der Waals surface area contributed by atoms with Crippen molar-refractivity contribution in [2.75, 3.05) is 26.2 Å². The zero-order chi connectivity index (χ0) is 14.8. The Morgan fingerprint density at radius 1 is 1.05 bits per heavy atom. The summed E-state index contributed by atoms with van der Waals surface area (Å²) in [6.07, 6.45) is 5.35. The molecule has 0 aromatic carbocycles. The predicted octanol–water partition coefficient (Wildman–Crippen LogP) is 1.12. The fourth-order valence-corrected chi connectivity index (χ4v) is 4.09. The maximum absolute atomic E-state index is 12.4. The number of piperidine rings is 1. The molecule has 3 aliphatic heterocycles. The fourth-order valence-electron chi connectivity index (χ4n) is 4.09. The minimum absolute atomic E-state index is 0.0440. The number of aliphatic carboxylic acids is 1. The Kier molecular flexibility index (Phi) is 4.33. The van der Waals surface area contributed by atoms with Crippen molar-refractivity contribution < 1.29 is 14.7 Å². The van der Waals surface area contributed by atoms with Crippen LogP contribution in [-0.2, 0) is 4.79 Å². The molecule has 21 heavy (non-hydrogen) atoms. The maximum Gasteiger partial charge on any atom is 0.317 e. The first-order valence-corrected chi connectivity index (χ1v) is 8.15. The second kappa shape index (κ2) is 6.22. The third-order valence-electron chi connectivity index (χ3n) is 5.28. The van der Waals surface area contributed by atoms with Crippen LogP contribution in [0, 0.1) is 5.92 Å². The van der Waals surface area contributed by atoms with Crippen LogP contribution in [-0.4, -0.2) is 65.2 Å². The van der Waals surface area contributed by atoms with E-state index in [1.54, 1.807) is 0 Å². The second-order valence-electron chi connectivity index (χ2n) is 6.62. The Morgan fingerprint density at radius 3 is 2.52 bits per heavy atom. The van der Waals surface area contributed by atoms with Gasteiger partial charge in [-0.25, -0.2) is 4.79 Å². The normalized spacial score (nSPS) is 30.4. The molecule has 3 saturated heterocycles. The van der Waals surface area contributed by atoms with Gasteiger partial charge in [0, 0.05) is 38.1 Å². The van der Waals surface area contributed by atoms with Gasteiger partial charge in [-0.15, -0.1) is 0 Å². The third-order valence-corrected chi connectivity index (χ3v) is 5.28. The maximum atomic E-state index is 12.4. The molecule has 2 atom stereocenters. The highest BCUT2D eigenvalue weighted by atomic mass is 16.4. The number of urea groups is 1. The van der Waals surface area contributed by atoms with E-state index in [0.29, 0.717) is 25.2 Å². The lowest BCUT2D eigenvalue weighted by Crippen LogP contribution is -2.50. The van der Waals surface area contributed by atoms with Crippen LogP contribution in [0.1, 0.15) is 38.5 Å². The van der Waals surface area contributed by atoms with E-state index in [0.717, 1.165) is 25.8 Å². The Hall–Kier alpha value is -1.30. The highest BCUT2D eigenvalue weighted by molar-refractivity contribution is 5.75. The third kappa shape index (κ3) is 3.31. The summed E-state index contributed by atoms with van der Waals surface area (Å²) in [6.45, 7) is 3.66. The second-order valence-corrected chi connectivity index (χ2v) is 6.62. The summed E-state index contributed by atoms with van der Waals surface area (Å²) in [4.78, 5) is 27.4. The zero-order valence-corrected chi connectivity index (χ0v) is 12.5. The summed E-state index contributed by atoms with van der Waals surface area (Å²) in [7, 11) is 0. The van der Waals surface area contributed by atoms with Crippen molar-refractivity contribution in [2.24, 2.45) is 5.92 Å². The zero-order valence-electron chi connectivity index (χ0n) is 12.5. The molecule has 0 aromatic rings. The SMILES string of the molecule is O=C(O)CC1CCN(C(=O)NC2CCN3CCCC23)CC1. The molecular weight excluding hydrogens is 270 g/mol. The number of carbonyl (C=O) groups excluding carboxylic acids is 1. The van der Waals surface area contributed by atoms with E-state index in [9.17, 15) is 9.59 Å². The van der Waals surface area contributed by atoms with Gasteiger partial charge in [0.05, 0.1) is 0 Å². The van der Waals surface area contributed by atoms with E-state index in [1.165, 1.54) is 19.4 Å². The van der Waals surface area contributed by atoms with Gasteiger partial charge < -0.3 is 15.3 Å². The number of rotatable bonds is 3. The number of carbonyl (C=O) groups is 2. The van der Waals surface area contributed by atoms with Gasteiger partial charge in [0.2, 0.25) is 0 Å². The van der Waals surface area contributed by atoms with Gasteiger partial charge in [0.1, 0.15) is 0 Å². The van der Waals surface area contributed by atoms with Gasteiger partial charge in [-0.2, -0.15) is 0 Å². The first-order chi connectivity index (χ1) is 10.1. The number of nitrogens with zero attached hydrogens (tertiary/aromatic N) is 2. The van der Waals surface area contributed by atoms with Crippen molar-refractivity contribution in [1.29, 1.82) is 0 Å². The Bertz CT molecular complexity index is 407. The number of carboxylic acids is 1. The molecule has 6 heteroatoms. The summed E-state index contributed by atoms with van der Waals surface area (Å²) < 4.78 is 0. The topological polar surface area (TPSA) is 72.9 Å². The van der Waals surface area contributed by atoms with Crippen molar-refractivity contribution in [1.82, 2.24) is 15.1 Å². The lowest BCUT2D eigenvalue weighted by atomic mass is 9.94. The Labute approximate surface area is 125 Å². The summed E-state index contributed by atoms with van der Waals surface area (Å²) >= 11 is 0. The van der Waals surface area contributed by atoms with Gasteiger partial charge in [0.25, 0.3) is 0 Å². The molecular formula is C15H25N3O3. The smallest absolute Gasteiger partial charge is 0.317 e. The average molecular weight is 295 g/mol. The minimum Gasteiger partial charge on any atom is -0.481 e. The Morgan fingerprint density at radius 2 is 1.81 bits per heavy atom. The molecule has 0 bridgehead atoms. The molecule has 6 nitrogen and oxygen atoms in total. The molecule has 2 unspecified atom stereocenters. The van der Waals surface area contributed by atoms with Crippen LogP contribution in [0.2, 0.25) is 0 Å². The molecule has 0 saturated carbocycles. The lowest BCUT2D eigenvalue weighted by Gasteiger charge is -2.33. The Balaban J connectivity index is 1.45. The van der Waals surface area contributed by atoms with Gasteiger partial charge in [-0.05, 0) is 44.6 Å². The standard InChI is InChI=1S/C15H25N3O3/c19-14(20)10-11-3-7-18(8-4-11)15(21)16-12-5-9-17-6-1-2-13(12)17/h11-13H,1-10H2,(H,16,21)(H,19,20). The number of fused-ring (bicyclic) bond motifs is 1. The number of nitrogens with one attached hydrogen (secondary N) is 1. The van der Waals surface area contributed by atoms with E-state index in [-0.39, 0.29) is 18.4 Å². The number of hydrogen-bond acceptors (Lipinski definition) is 3. The molecule has 2 N–H and O–H groups in total. The molecule has 0 aromatic heterocycles. The van der Waals surface area contributed by atoms with Crippen LogP contribution in [0.15, 0.2) is 0 Å². The summed E-state index contributed by atoms with van der Waals surface area (Å²) in [5, 5.41) is 12.0. The van der Waals surface area contributed by atoms with Crippen LogP contribution in [0.4, 0.5) is 4.79 Å². The van der Waals surface area contributed by atoms with E-state index >= 15 is 0 Å². The van der Waals surface area contributed by atoms with Crippen LogP contribution in [0.3, 0.4) is 0 Å². The van der Waals surface area contributed by atoms with Crippen molar-refractivity contribution >= 4 is 12.0 Å². The van der Waals surface area contributed by atoms with Gasteiger partial charge in [-0.3, -0.25) is 9.69 Å². The van der Waals surface area contributed by atoms with E-state index in [2.05, 4.69) is 10.2 Å². The van der Waals surface area contributed by atoms with Crippen molar-refractivity contribution in [3.05, 3.63) is 0 Å². The molecule has 3 rings (SSSR count). The minimum atomic E-state index is -0.731. The number of hydrogen-bond donors (Lipinski definition) is 2. The highest BCUT2D eigenvalue weighted by Gasteiger charge is 2.38. The van der Waals surface area contributed by atoms with Gasteiger partial charge in [-0.1, -0.05) is 0 Å². The van der Waals surface area contributed by atoms with Gasteiger partial charge in [0.15, 0.2) is 0 Å². The van der Waals surface area contributed by atoms with E-state index in [4.69, 9.17) is 5.11 Å². The van der Waals surface area contributed by atoms with Gasteiger partial charge >= 0.3 is 12.0 Å². The van der Waals surface area contributed by atoms with Crippen molar-refractivity contribution in [3.63, 3.8) is 0 Å². The molecule has 0 spiro atoms. The van der Waals surface area contributed by atoms with Crippen LogP contribution in [0.25, 0.3) is 0 Å². The van der Waals surface area contributed by atoms with Crippen molar-refractivity contribution in [2.45, 2.75) is 50.6 Å². The summed E-state index contributed by atoms with van der Waals surface area (Å²) in [5.41, 5.74) is 0. The van der Waals surface area contributed by atoms with Crippen LogP contribution < -0.4 is 5.32 Å². The molecule has 0 radical (unpaired) electrons. The molecule has 0 aliphatic carbocycles. The summed E-state index contributed by atoms with van der Waals surface area (Å²) in [6, 6.07) is 0.887. The molecule has 2 amide bonds. The average Bonchev–Trinajstić information content (AvgIpc) is 3.04. The molecule has 3 heterocycles. The van der Waals surface area contributed by atoms with E-state index < -0.39 is 5.97 Å². The highest BCUT2D eigenvalue weighted by Crippen LogP contribution is 2.28. The monoisotopic (exact) mass is 295 g/mol. The first-order valence-electron chi connectivity index (χ1n) is 8.15. The van der Waals surface area contributed by atoms with E-state index in [1.807, 2.05) is 4.90 Å². The largest absolute Gasteiger partial charge is 0.481 e. The number of likely N-dealkylation sites (tertiary alicyclic amines) is 1. The summed E-state index contributed by atoms with van der Waals surface area (Å²) in [5.74, 6) is -0.506. The number of amides is 2.